The summed E-state index contributed by atoms with van der Waals surface area (Å²) in [6, 6.07) is 11.7. The molecule has 0 amide bonds. The summed E-state index contributed by atoms with van der Waals surface area (Å²) in [5.74, 6) is -2.12. The summed E-state index contributed by atoms with van der Waals surface area (Å²) in [5.41, 5.74) is 0.975. The number of hydrogen-bond acceptors (Lipinski definition) is 8. The quantitative estimate of drug-likeness (QED) is 0.223. The second kappa shape index (κ2) is 11.9. The van der Waals surface area contributed by atoms with Crippen LogP contribution in [0.15, 0.2) is 48.5 Å². The van der Waals surface area contributed by atoms with Crippen molar-refractivity contribution in [2.75, 3.05) is 12.8 Å². The van der Waals surface area contributed by atoms with Gasteiger partial charge in [0.2, 0.25) is 0 Å². The predicted molar refractivity (Wildman–Crippen MR) is 112 cm³/mol. The van der Waals surface area contributed by atoms with Crippen molar-refractivity contribution in [1.29, 1.82) is 0 Å². The monoisotopic (exact) mass is 455 g/mol. The van der Waals surface area contributed by atoms with Crippen LogP contribution in [0.25, 0.3) is 0 Å². The lowest BCUT2D eigenvalue weighted by atomic mass is 10.1. The van der Waals surface area contributed by atoms with Crippen LogP contribution in [-0.2, 0) is 26.1 Å². The second-order valence-electron chi connectivity index (χ2n) is 6.64. The lowest BCUT2D eigenvalue weighted by molar-refractivity contribution is -0.139. The molecule has 10 nitrogen and oxygen atoms in total. The average Bonchev–Trinajstić information content (AvgIpc) is 2.67. The van der Waals surface area contributed by atoms with E-state index in [1.807, 2.05) is 0 Å². The number of phenolic OH excluding ortho intramolecular Hbond substituents is 2. The highest BCUT2D eigenvalue weighted by Crippen LogP contribution is 2.25. The number of nitrogens with one attached hydrogen (secondary N) is 1. The molecular formula is C20H25NO9S. The molecule has 0 bridgehead atoms. The van der Waals surface area contributed by atoms with Crippen molar-refractivity contribution >= 4 is 22.1 Å². The van der Waals surface area contributed by atoms with Crippen LogP contribution in [0, 0.1) is 0 Å². The zero-order valence-electron chi connectivity index (χ0n) is 16.9. The van der Waals surface area contributed by atoms with E-state index in [1.54, 1.807) is 37.3 Å². The van der Waals surface area contributed by atoms with Crippen LogP contribution in [0.3, 0.4) is 0 Å². The van der Waals surface area contributed by atoms with E-state index in [1.165, 1.54) is 18.2 Å². The van der Waals surface area contributed by atoms with E-state index in [4.69, 9.17) is 9.29 Å². The number of carboxylic acid groups (broad SMARTS) is 1. The van der Waals surface area contributed by atoms with Gasteiger partial charge in [0, 0.05) is 6.54 Å². The molecule has 0 aliphatic heterocycles. The van der Waals surface area contributed by atoms with Gasteiger partial charge in [-0.05, 0) is 43.2 Å². The van der Waals surface area contributed by atoms with Crippen LogP contribution in [0.2, 0.25) is 0 Å². The molecule has 0 spiro atoms. The highest BCUT2D eigenvalue weighted by molar-refractivity contribution is 7.85. The molecule has 5 N–H and O–H groups in total. The maximum atomic E-state index is 12.0. The second-order valence-corrected chi connectivity index (χ2v) is 8.11. The van der Waals surface area contributed by atoms with Gasteiger partial charge >= 0.3 is 11.9 Å². The van der Waals surface area contributed by atoms with E-state index in [0.717, 1.165) is 0 Å². The Morgan fingerprint density at radius 2 is 1.65 bits per heavy atom. The van der Waals surface area contributed by atoms with E-state index in [2.05, 4.69) is 5.32 Å². The molecule has 31 heavy (non-hydrogen) atoms. The van der Waals surface area contributed by atoms with Gasteiger partial charge in [-0.2, -0.15) is 8.42 Å². The Hall–Kier alpha value is -3.15. The first kappa shape index (κ1) is 25.9. The lowest BCUT2D eigenvalue weighted by Gasteiger charge is -2.19. The van der Waals surface area contributed by atoms with Crippen molar-refractivity contribution in [2.24, 2.45) is 0 Å². The third-order valence-corrected chi connectivity index (χ3v) is 3.75. The molecule has 0 saturated carbocycles. The van der Waals surface area contributed by atoms with Crippen molar-refractivity contribution in [3.63, 3.8) is 0 Å². The Morgan fingerprint density at radius 3 is 2.16 bits per heavy atom. The van der Waals surface area contributed by atoms with E-state index in [0.29, 0.717) is 17.4 Å². The number of aliphatic carboxylic acids is 1. The maximum Gasteiger partial charge on any atom is 0.338 e. The minimum Gasteiger partial charge on any atom is -0.504 e. The molecule has 1 unspecified atom stereocenters. The summed E-state index contributed by atoms with van der Waals surface area (Å²) >= 11 is 0. The molecule has 0 aliphatic rings. The fourth-order valence-corrected chi connectivity index (χ4v) is 2.35. The van der Waals surface area contributed by atoms with Crippen LogP contribution in [0.1, 0.15) is 22.8 Å². The largest absolute Gasteiger partial charge is 0.504 e. The van der Waals surface area contributed by atoms with Crippen LogP contribution in [-0.4, -0.2) is 65.2 Å². The third-order valence-electron chi connectivity index (χ3n) is 3.75. The van der Waals surface area contributed by atoms with Crippen molar-refractivity contribution in [3.8, 4) is 11.5 Å². The van der Waals surface area contributed by atoms with Crippen LogP contribution < -0.4 is 5.32 Å². The van der Waals surface area contributed by atoms with Gasteiger partial charge in [-0.1, -0.05) is 24.3 Å². The van der Waals surface area contributed by atoms with E-state index in [9.17, 15) is 33.3 Å². The Kier molecular flexibility index (Phi) is 9.93. The Balaban J connectivity index is 0.000000861. The number of aromatic hydroxyl groups is 2. The summed E-state index contributed by atoms with van der Waals surface area (Å²) in [6.45, 7) is 1.82. The van der Waals surface area contributed by atoms with Gasteiger partial charge in [0.05, 0.1) is 11.8 Å². The van der Waals surface area contributed by atoms with Crippen LogP contribution in [0.4, 0.5) is 0 Å². The maximum absolute atomic E-state index is 12.0. The Bertz CT molecular complexity index is 969. The van der Waals surface area contributed by atoms with Gasteiger partial charge in [0.1, 0.15) is 12.1 Å². The molecule has 11 heteroatoms. The first-order valence-electron chi connectivity index (χ1n) is 9.02. The number of carboxylic acids is 1. The minimum atomic E-state index is -3.67. The highest BCUT2D eigenvalue weighted by atomic mass is 32.2. The van der Waals surface area contributed by atoms with Crippen molar-refractivity contribution < 1.29 is 42.6 Å². The Labute approximate surface area is 179 Å². The topological polar surface area (TPSA) is 170 Å². The molecule has 0 fully saturated rings. The van der Waals surface area contributed by atoms with Gasteiger partial charge in [0.15, 0.2) is 11.5 Å². The molecule has 0 heterocycles. The van der Waals surface area contributed by atoms with Crippen molar-refractivity contribution in [3.05, 3.63) is 59.7 Å². The smallest absolute Gasteiger partial charge is 0.338 e. The summed E-state index contributed by atoms with van der Waals surface area (Å²) in [5, 5.41) is 31.0. The fourth-order valence-electron chi connectivity index (χ4n) is 2.35. The molecule has 2 atom stereocenters. The number of carbonyl (C=O) groups is 2. The lowest BCUT2D eigenvalue weighted by Crippen LogP contribution is -2.42. The zero-order valence-corrected chi connectivity index (χ0v) is 17.7. The molecule has 2 aromatic rings. The molecule has 2 rings (SSSR count). The minimum absolute atomic E-state index is 0.0997. The molecule has 0 saturated heterocycles. The van der Waals surface area contributed by atoms with E-state index in [-0.39, 0.29) is 24.5 Å². The van der Waals surface area contributed by atoms with E-state index >= 15 is 0 Å². The molecule has 0 aliphatic carbocycles. The Morgan fingerprint density at radius 1 is 1.06 bits per heavy atom. The number of esters is 1. The van der Waals surface area contributed by atoms with Crippen LogP contribution in [0.5, 0.6) is 11.5 Å². The molecule has 0 radical (unpaired) electrons. The normalized spacial score (nSPS) is 12.7. The number of benzene rings is 2. The number of hydrogen-bond donors (Lipinski definition) is 5. The molecular weight excluding hydrogens is 430 g/mol. The van der Waals surface area contributed by atoms with E-state index < -0.39 is 34.2 Å². The van der Waals surface area contributed by atoms with Crippen LogP contribution >= 0.6 is 0 Å². The van der Waals surface area contributed by atoms with Gasteiger partial charge < -0.3 is 25.4 Å². The van der Waals surface area contributed by atoms with Gasteiger partial charge in [-0.25, -0.2) is 4.79 Å². The number of carbonyl (C=O) groups excluding carboxylic acids is 1. The molecule has 2 aromatic carbocycles. The third kappa shape index (κ3) is 11.0. The predicted octanol–water partition coefficient (Wildman–Crippen LogP) is 1.43. The van der Waals surface area contributed by atoms with Crippen molar-refractivity contribution in [2.45, 2.75) is 25.5 Å². The number of rotatable bonds is 8. The summed E-state index contributed by atoms with van der Waals surface area (Å²) in [6.07, 6.45) is 0.285. The fraction of sp³-hybridized carbons (Fsp3) is 0.300. The van der Waals surface area contributed by atoms with Crippen molar-refractivity contribution in [1.82, 2.24) is 5.32 Å². The van der Waals surface area contributed by atoms with Gasteiger partial charge in [-0.15, -0.1) is 0 Å². The first-order chi connectivity index (χ1) is 14.4. The summed E-state index contributed by atoms with van der Waals surface area (Å²) in [4.78, 5) is 23.4. The molecule has 170 valence electrons. The zero-order chi connectivity index (χ0) is 23.6. The van der Waals surface area contributed by atoms with Gasteiger partial charge in [-0.3, -0.25) is 9.35 Å². The average molecular weight is 455 g/mol. The standard InChI is InChI=1S/C19H21NO6.CH4O3S/c1-12(26-19(25)14-5-3-2-4-6-14)11-20-15(18(23)24)9-13-7-8-16(21)17(22)10-13;1-5(2,3)4/h2-8,10,12,15,20-22H,9,11H2,1H3,(H,23,24);1H3,(H,2,3,4)/t12?,15-;/m0./s1. The number of phenols is 2. The number of ether oxygens (including phenoxy) is 1. The summed E-state index contributed by atoms with van der Waals surface area (Å²) in [7, 11) is -3.67. The summed E-state index contributed by atoms with van der Waals surface area (Å²) < 4.78 is 31.2. The first-order valence-corrected chi connectivity index (χ1v) is 10.9. The molecule has 0 aromatic heterocycles. The highest BCUT2D eigenvalue weighted by Gasteiger charge is 2.20. The van der Waals surface area contributed by atoms with Gasteiger partial charge in [0.25, 0.3) is 10.1 Å². The SMILES string of the molecule is CC(CN[C@@H](Cc1ccc(O)c(O)c1)C(=O)O)OC(=O)c1ccccc1.CS(=O)(=O)O.